The topological polar surface area (TPSA) is 92.9 Å². The summed E-state index contributed by atoms with van der Waals surface area (Å²) in [6.45, 7) is 1.89. The van der Waals surface area contributed by atoms with E-state index in [4.69, 9.17) is 9.15 Å². The van der Waals surface area contributed by atoms with E-state index in [1.165, 1.54) is 18.2 Å². The van der Waals surface area contributed by atoms with Gasteiger partial charge < -0.3 is 14.5 Å². The number of hydrogen-bond donors (Lipinski definition) is 2. The Morgan fingerprint density at radius 2 is 1.62 bits per heavy atom. The molecule has 194 valence electrons. The van der Waals surface area contributed by atoms with Gasteiger partial charge in [-0.3, -0.25) is 9.59 Å². The van der Waals surface area contributed by atoms with Gasteiger partial charge in [0, 0.05) is 11.3 Å². The number of carbonyl (C=O) groups is 2. The van der Waals surface area contributed by atoms with Crippen LogP contribution in [0.3, 0.4) is 0 Å². The van der Waals surface area contributed by atoms with Crippen LogP contribution in [-0.4, -0.2) is 17.5 Å². The van der Waals surface area contributed by atoms with E-state index in [-0.39, 0.29) is 17.9 Å². The van der Waals surface area contributed by atoms with E-state index in [9.17, 15) is 14.0 Å². The highest BCUT2D eigenvalue weighted by atomic mass is 19.1. The maximum atomic E-state index is 13.4. The summed E-state index contributed by atoms with van der Waals surface area (Å²) >= 11 is 0. The molecule has 0 radical (unpaired) electrons. The highest BCUT2D eigenvalue weighted by Crippen LogP contribution is 2.22. The summed E-state index contributed by atoms with van der Waals surface area (Å²) in [5, 5.41) is 9.08. The number of fused-ring (bicyclic) bond motifs is 1. The molecule has 2 amide bonds. The molecule has 1 aromatic heterocycles. The van der Waals surface area contributed by atoms with E-state index >= 15 is 0 Å². The van der Waals surface area contributed by atoms with Crippen LogP contribution in [0.1, 0.15) is 39.2 Å². The molecular weight excluding hydrogens is 497 g/mol. The number of carbonyl (C=O) groups excluding carboxylic acids is 2. The molecule has 0 fully saturated rings. The van der Waals surface area contributed by atoms with Crippen LogP contribution in [0.25, 0.3) is 10.8 Å². The van der Waals surface area contributed by atoms with Crippen LogP contribution in [0.15, 0.2) is 113 Å². The van der Waals surface area contributed by atoms with E-state index in [0.29, 0.717) is 28.5 Å². The molecule has 0 atom stereocenters. The Bertz CT molecular complexity index is 1690. The average molecular weight is 522 g/mol. The Kier molecular flexibility index (Phi) is 7.45. The first kappa shape index (κ1) is 25.4. The largest absolute Gasteiger partial charge is 0.486 e. The number of rotatable bonds is 8. The monoisotopic (exact) mass is 521 g/mol. The molecule has 0 aliphatic heterocycles. The molecule has 0 bridgehead atoms. The minimum atomic E-state index is -0.512. The smallest absolute Gasteiger partial charge is 0.307 e. The van der Waals surface area contributed by atoms with Crippen LogP contribution in [0.2, 0.25) is 0 Å². The van der Waals surface area contributed by atoms with Crippen molar-refractivity contribution in [2.75, 3.05) is 5.32 Å². The van der Waals surface area contributed by atoms with Crippen molar-refractivity contribution in [3.8, 4) is 5.75 Å². The lowest BCUT2D eigenvalue weighted by Crippen LogP contribution is -2.19. The van der Waals surface area contributed by atoms with E-state index in [1.807, 2.05) is 42.5 Å². The summed E-state index contributed by atoms with van der Waals surface area (Å²) in [5.41, 5.74) is 4.38. The average Bonchev–Trinajstić information content (AvgIpc) is 3.44. The zero-order valence-electron chi connectivity index (χ0n) is 21.0. The van der Waals surface area contributed by atoms with Crippen molar-refractivity contribution in [2.24, 2.45) is 5.10 Å². The molecule has 0 aliphatic carbocycles. The number of halogens is 1. The molecule has 5 rings (SSSR count). The molecule has 39 heavy (non-hydrogen) atoms. The van der Waals surface area contributed by atoms with Gasteiger partial charge in [0.1, 0.15) is 23.9 Å². The van der Waals surface area contributed by atoms with Crippen molar-refractivity contribution in [2.45, 2.75) is 13.5 Å². The number of ether oxygens (including phenoxy) is 1. The van der Waals surface area contributed by atoms with E-state index < -0.39 is 17.6 Å². The standard InChI is InChI=1S/C31H24FN3O4/c1-20(22-8-5-11-26(17-22)33-30(36)24-9-4-10-25(32)16-24)34-35-31(37)29-15-14-28(39-29)19-38-27-13-12-21-6-2-3-7-23(21)18-27/h2-18H,19H2,1H3,(H,33,36)(H,35,37)/b34-20-. The predicted octanol–water partition coefficient (Wildman–Crippen LogP) is 6.56. The predicted molar refractivity (Wildman–Crippen MR) is 147 cm³/mol. The second-order valence-electron chi connectivity index (χ2n) is 8.75. The fourth-order valence-corrected chi connectivity index (χ4v) is 3.90. The lowest BCUT2D eigenvalue weighted by Gasteiger charge is -2.08. The van der Waals surface area contributed by atoms with Crippen molar-refractivity contribution in [3.63, 3.8) is 0 Å². The summed E-state index contributed by atoms with van der Waals surface area (Å²) in [6, 6.07) is 29.4. The van der Waals surface area contributed by atoms with Crippen molar-refractivity contribution in [1.82, 2.24) is 5.43 Å². The summed E-state index contributed by atoms with van der Waals surface area (Å²) in [6.07, 6.45) is 0. The second kappa shape index (κ2) is 11.4. The fraction of sp³-hybridized carbons (Fsp3) is 0.0645. The molecule has 0 spiro atoms. The number of hydrazone groups is 1. The maximum absolute atomic E-state index is 13.4. The number of nitrogens with zero attached hydrogens (tertiary/aromatic N) is 1. The third-order valence-electron chi connectivity index (χ3n) is 5.94. The van der Waals surface area contributed by atoms with Gasteiger partial charge in [0.05, 0.1) is 5.71 Å². The minimum absolute atomic E-state index is 0.0970. The molecule has 0 saturated carbocycles. The SMILES string of the molecule is C/C(=N/NC(=O)c1ccc(COc2ccc3ccccc3c2)o1)c1cccc(NC(=O)c2cccc(F)c2)c1. The molecule has 4 aromatic carbocycles. The number of anilines is 1. The van der Waals surface area contributed by atoms with E-state index in [0.717, 1.165) is 16.8 Å². The molecule has 0 unspecified atom stereocenters. The number of nitrogens with one attached hydrogen (secondary N) is 2. The number of hydrogen-bond acceptors (Lipinski definition) is 5. The Morgan fingerprint density at radius 3 is 2.46 bits per heavy atom. The van der Waals surface area contributed by atoms with Crippen LogP contribution < -0.4 is 15.5 Å². The zero-order valence-corrected chi connectivity index (χ0v) is 21.0. The highest BCUT2D eigenvalue weighted by molar-refractivity contribution is 6.06. The first-order valence-electron chi connectivity index (χ1n) is 12.2. The van der Waals surface area contributed by atoms with Crippen molar-refractivity contribution in [3.05, 3.63) is 132 Å². The quantitative estimate of drug-likeness (QED) is 0.179. The number of benzene rings is 4. The van der Waals surface area contributed by atoms with Crippen LogP contribution in [0.5, 0.6) is 5.75 Å². The Balaban J connectivity index is 1.18. The van der Waals surface area contributed by atoms with Gasteiger partial charge in [0.2, 0.25) is 0 Å². The maximum Gasteiger partial charge on any atom is 0.307 e. The molecule has 2 N–H and O–H groups in total. The highest BCUT2D eigenvalue weighted by Gasteiger charge is 2.12. The molecule has 0 aliphatic rings. The van der Waals surface area contributed by atoms with Gasteiger partial charge in [-0.2, -0.15) is 5.10 Å². The van der Waals surface area contributed by atoms with E-state index in [2.05, 4.69) is 15.8 Å². The van der Waals surface area contributed by atoms with Gasteiger partial charge in [-0.25, -0.2) is 9.82 Å². The number of amides is 2. The lowest BCUT2D eigenvalue weighted by molar-refractivity contribution is 0.0922. The number of furan rings is 1. The van der Waals surface area contributed by atoms with Gasteiger partial charge in [0.25, 0.3) is 5.91 Å². The first-order chi connectivity index (χ1) is 18.9. The second-order valence-corrected chi connectivity index (χ2v) is 8.75. The summed E-state index contributed by atoms with van der Waals surface area (Å²) < 4.78 is 24.9. The first-order valence-corrected chi connectivity index (χ1v) is 12.2. The molecular formula is C31H24FN3O4. The zero-order chi connectivity index (χ0) is 27.2. The Labute approximate surface area is 223 Å². The third-order valence-corrected chi connectivity index (χ3v) is 5.94. The fourth-order valence-electron chi connectivity index (χ4n) is 3.90. The van der Waals surface area contributed by atoms with Gasteiger partial charge in [-0.1, -0.05) is 48.5 Å². The summed E-state index contributed by atoms with van der Waals surface area (Å²) in [4.78, 5) is 25.0. The van der Waals surface area contributed by atoms with Crippen LogP contribution >= 0.6 is 0 Å². The molecule has 0 saturated heterocycles. The van der Waals surface area contributed by atoms with Crippen LogP contribution in [-0.2, 0) is 6.61 Å². The van der Waals surface area contributed by atoms with E-state index in [1.54, 1.807) is 43.3 Å². The minimum Gasteiger partial charge on any atom is -0.486 e. The lowest BCUT2D eigenvalue weighted by atomic mass is 10.1. The third kappa shape index (κ3) is 6.37. The van der Waals surface area contributed by atoms with Gasteiger partial charge in [0.15, 0.2) is 5.76 Å². The molecule has 7 nitrogen and oxygen atoms in total. The van der Waals surface area contributed by atoms with Crippen molar-refractivity contribution >= 4 is 34.0 Å². The summed E-state index contributed by atoms with van der Waals surface area (Å²) in [7, 11) is 0. The Morgan fingerprint density at radius 1 is 0.821 bits per heavy atom. The normalized spacial score (nSPS) is 11.3. The van der Waals surface area contributed by atoms with Gasteiger partial charge >= 0.3 is 5.91 Å². The van der Waals surface area contributed by atoms with Crippen LogP contribution in [0.4, 0.5) is 10.1 Å². The van der Waals surface area contributed by atoms with Gasteiger partial charge in [-0.05, 0) is 77.9 Å². The molecule has 8 heteroatoms. The molecule has 5 aromatic rings. The Hall–Kier alpha value is -5.24. The van der Waals surface area contributed by atoms with Crippen molar-refractivity contribution in [1.29, 1.82) is 0 Å². The van der Waals surface area contributed by atoms with Gasteiger partial charge in [-0.15, -0.1) is 0 Å². The summed E-state index contributed by atoms with van der Waals surface area (Å²) in [5.74, 6) is -0.146. The van der Waals surface area contributed by atoms with Crippen molar-refractivity contribution < 1.29 is 23.1 Å². The molecule has 1 heterocycles. The van der Waals surface area contributed by atoms with Crippen LogP contribution in [0, 0.1) is 5.82 Å².